The molecule has 1 heterocycles. The molecule has 1 aromatic heterocycles. The lowest BCUT2D eigenvalue weighted by molar-refractivity contribution is 0.653. The summed E-state index contributed by atoms with van der Waals surface area (Å²) in [6.45, 7) is 2.96. The summed E-state index contributed by atoms with van der Waals surface area (Å²) >= 11 is 3.63. The Morgan fingerprint density at radius 3 is 2.88 bits per heavy atom. The standard InChI is InChI=1S/C12H14BrN3/c1-2-16-11(13)10-8(12(14)6-7-12)4-3-5-9(10)15-16/h3-5H,2,6-7,14H2,1H3. The van der Waals surface area contributed by atoms with Crippen molar-refractivity contribution < 1.29 is 0 Å². The third-order valence-corrected chi connectivity index (χ3v) is 4.13. The van der Waals surface area contributed by atoms with Crippen LogP contribution in [0.1, 0.15) is 25.3 Å². The van der Waals surface area contributed by atoms with Crippen LogP contribution in [0, 0.1) is 0 Å². The Kier molecular flexibility index (Phi) is 2.13. The van der Waals surface area contributed by atoms with E-state index in [0.29, 0.717) is 0 Å². The molecule has 1 aromatic carbocycles. The second kappa shape index (κ2) is 3.31. The molecular formula is C12H14BrN3. The summed E-state index contributed by atoms with van der Waals surface area (Å²) in [6.07, 6.45) is 2.16. The average Bonchev–Trinajstić information content (AvgIpc) is 2.95. The highest BCUT2D eigenvalue weighted by atomic mass is 79.9. The van der Waals surface area contributed by atoms with Crippen LogP contribution in [0.4, 0.5) is 0 Å². The van der Waals surface area contributed by atoms with Crippen molar-refractivity contribution in [1.29, 1.82) is 0 Å². The largest absolute Gasteiger partial charge is 0.321 e. The number of halogens is 1. The molecule has 0 saturated heterocycles. The van der Waals surface area contributed by atoms with Crippen molar-refractivity contribution in [1.82, 2.24) is 9.78 Å². The monoisotopic (exact) mass is 279 g/mol. The van der Waals surface area contributed by atoms with E-state index >= 15 is 0 Å². The molecule has 0 unspecified atom stereocenters. The number of aryl methyl sites for hydroxylation is 1. The van der Waals surface area contributed by atoms with Crippen LogP contribution < -0.4 is 5.73 Å². The average molecular weight is 280 g/mol. The minimum absolute atomic E-state index is 0.108. The highest BCUT2D eigenvalue weighted by Gasteiger charge is 2.41. The fourth-order valence-electron chi connectivity index (χ4n) is 2.17. The van der Waals surface area contributed by atoms with Gasteiger partial charge in [0.05, 0.1) is 5.52 Å². The number of hydrogen-bond donors (Lipinski definition) is 1. The zero-order chi connectivity index (χ0) is 11.3. The van der Waals surface area contributed by atoms with Crippen molar-refractivity contribution in [3.8, 4) is 0 Å². The maximum Gasteiger partial charge on any atom is 0.112 e. The van der Waals surface area contributed by atoms with Gasteiger partial charge < -0.3 is 5.73 Å². The maximum absolute atomic E-state index is 6.30. The molecule has 0 aliphatic heterocycles. The summed E-state index contributed by atoms with van der Waals surface area (Å²) in [5, 5.41) is 5.73. The van der Waals surface area contributed by atoms with Gasteiger partial charge in [0.1, 0.15) is 4.60 Å². The van der Waals surface area contributed by atoms with Gasteiger partial charge in [-0.1, -0.05) is 12.1 Å². The summed E-state index contributed by atoms with van der Waals surface area (Å²) in [5.74, 6) is 0. The molecular weight excluding hydrogens is 266 g/mol. The van der Waals surface area contributed by atoms with E-state index in [-0.39, 0.29) is 5.54 Å². The SMILES string of the molecule is CCn1nc2cccc(C3(N)CC3)c2c1Br. The quantitative estimate of drug-likeness (QED) is 0.919. The Morgan fingerprint density at radius 1 is 1.50 bits per heavy atom. The van der Waals surface area contributed by atoms with Crippen molar-refractivity contribution in [2.75, 3.05) is 0 Å². The molecule has 3 rings (SSSR count). The number of rotatable bonds is 2. The van der Waals surface area contributed by atoms with Crippen molar-refractivity contribution >= 4 is 26.8 Å². The van der Waals surface area contributed by atoms with E-state index in [1.54, 1.807) is 0 Å². The van der Waals surface area contributed by atoms with Gasteiger partial charge in [-0.15, -0.1) is 0 Å². The summed E-state index contributed by atoms with van der Waals surface area (Å²) in [6, 6.07) is 6.22. The highest BCUT2D eigenvalue weighted by Crippen LogP contribution is 2.46. The zero-order valence-corrected chi connectivity index (χ0v) is 10.8. The first-order valence-electron chi connectivity index (χ1n) is 5.60. The molecule has 0 radical (unpaired) electrons. The minimum atomic E-state index is -0.108. The fraction of sp³-hybridized carbons (Fsp3) is 0.417. The lowest BCUT2D eigenvalue weighted by Crippen LogP contribution is -2.18. The normalized spacial score (nSPS) is 17.9. The van der Waals surface area contributed by atoms with Gasteiger partial charge in [0.25, 0.3) is 0 Å². The summed E-state index contributed by atoms with van der Waals surface area (Å²) in [7, 11) is 0. The van der Waals surface area contributed by atoms with Gasteiger partial charge in [0, 0.05) is 17.5 Å². The van der Waals surface area contributed by atoms with E-state index in [1.807, 2.05) is 16.8 Å². The molecule has 4 heteroatoms. The molecule has 1 fully saturated rings. The lowest BCUT2D eigenvalue weighted by Gasteiger charge is -2.10. The summed E-state index contributed by atoms with van der Waals surface area (Å²) < 4.78 is 3.03. The molecule has 3 nitrogen and oxygen atoms in total. The highest BCUT2D eigenvalue weighted by molar-refractivity contribution is 9.10. The van der Waals surface area contributed by atoms with Gasteiger partial charge in [-0.2, -0.15) is 5.10 Å². The Bertz CT molecular complexity index is 555. The van der Waals surface area contributed by atoms with E-state index in [2.05, 4.69) is 34.0 Å². The second-order valence-corrected chi connectivity index (χ2v) is 5.21. The van der Waals surface area contributed by atoms with Crippen LogP contribution >= 0.6 is 15.9 Å². The molecule has 1 saturated carbocycles. The van der Waals surface area contributed by atoms with E-state index in [4.69, 9.17) is 5.73 Å². The number of hydrogen-bond acceptors (Lipinski definition) is 2. The van der Waals surface area contributed by atoms with Crippen LogP contribution in [-0.2, 0) is 12.1 Å². The molecule has 2 aromatic rings. The topological polar surface area (TPSA) is 43.8 Å². The fourth-order valence-corrected chi connectivity index (χ4v) is 2.92. The van der Waals surface area contributed by atoms with Crippen LogP contribution in [0.2, 0.25) is 0 Å². The molecule has 16 heavy (non-hydrogen) atoms. The Morgan fingerprint density at radius 2 is 2.25 bits per heavy atom. The third-order valence-electron chi connectivity index (χ3n) is 3.33. The molecule has 1 aliphatic carbocycles. The first-order valence-corrected chi connectivity index (χ1v) is 6.39. The molecule has 84 valence electrons. The zero-order valence-electron chi connectivity index (χ0n) is 9.20. The van der Waals surface area contributed by atoms with Crippen molar-refractivity contribution in [2.45, 2.75) is 31.8 Å². The van der Waals surface area contributed by atoms with E-state index in [1.165, 1.54) is 10.9 Å². The number of nitrogens with zero attached hydrogens (tertiary/aromatic N) is 2. The first-order chi connectivity index (χ1) is 7.65. The predicted octanol–water partition coefficient (Wildman–Crippen LogP) is 2.77. The second-order valence-electron chi connectivity index (χ2n) is 4.46. The van der Waals surface area contributed by atoms with Crippen molar-refractivity contribution in [3.05, 3.63) is 28.4 Å². The maximum atomic E-state index is 6.30. The van der Waals surface area contributed by atoms with Gasteiger partial charge in [0.2, 0.25) is 0 Å². The third kappa shape index (κ3) is 1.33. The minimum Gasteiger partial charge on any atom is -0.321 e. The molecule has 1 aliphatic rings. The van der Waals surface area contributed by atoms with Gasteiger partial charge in [-0.05, 0) is 47.3 Å². The summed E-state index contributed by atoms with van der Waals surface area (Å²) in [5.41, 5.74) is 8.45. The Labute approximate surface area is 103 Å². The van der Waals surface area contributed by atoms with Gasteiger partial charge in [-0.25, -0.2) is 0 Å². The predicted molar refractivity (Wildman–Crippen MR) is 68.2 cm³/mol. The smallest absolute Gasteiger partial charge is 0.112 e. The van der Waals surface area contributed by atoms with Gasteiger partial charge in [0.15, 0.2) is 0 Å². The van der Waals surface area contributed by atoms with E-state index in [0.717, 1.165) is 29.5 Å². The molecule has 0 spiro atoms. The number of benzene rings is 1. The number of aromatic nitrogens is 2. The van der Waals surface area contributed by atoms with Crippen LogP contribution in [-0.4, -0.2) is 9.78 Å². The number of nitrogens with two attached hydrogens (primary N) is 1. The van der Waals surface area contributed by atoms with Gasteiger partial charge >= 0.3 is 0 Å². The van der Waals surface area contributed by atoms with Crippen LogP contribution in [0.15, 0.2) is 22.8 Å². The summed E-state index contributed by atoms with van der Waals surface area (Å²) in [4.78, 5) is 0. The Balaban J connectivity index is 2.33. The van der Waals surface area contributed by atoms with Gasteiger partial charge in [-0.3, -0.25) is 4.68 Å². The van der Waals surface area contributed by atoms with Crippen LogP contribution in [0.25, 0.3) is 10.9 Å². The first kappa shape index (κ1) is 10.3. The van der Waals surface area contributed by atoms with E-state index in [9.17, 15) is 0 Å². The Hall–Kier alpha value is -0.870. The molecule has 0 atom stereocenters. The molecule has 0 amide bonds. The molecule has 0 bridgehead atoms. The van der Waals surface area contributed by atoms with Crippen molar-refractivity contribution in [3.63, 3.8) is 0 Å². The molecule has 2 N–H and O–H groups in total. The number of fused-ring (bicyclic) bond motifs is 1. The van der Waals surface area contributed by atoms with Crippen LogP contribution in [0.3, 0.4) is 0 Å². The van der Waals surface area contributed by atoms with Crippen LogP contribution in [0.5, 0.6) is 0 Å². The van der Waals surface area contributed by atoms with Crippen molar-refractivity contribution in [2.24, 2.45) is 5.73 Å². The lowest BCUT2D eigenvalue weighted by atomic mass is 10.0. The van der Waals surface area contributed by atoms with E-state index < -0.39 is 0 Å².